The quantitative estimate of drug-likeness (QED) is 0.187. The standard InChI is InChI=1S/C40H30N4/c1-27-13-24-38(42-25-27)44(32-11-7-4-8-12-32)37-23-18-30-15-20-34-36(22-17-29-16-21-35(37)40(30)39(29)34)43(31-9-5-3-6-10-31)33-19-14-28(2)41-26-33/h3-26H,1-2H3. The SMILES string of the molecule is Cc1ccc(N(c2ccccc2)c2ccc3ccc4c(N(c5ccccc5)c5ccc(C)nc5)ccc5ccc2c3c54)nc1. The lowest BCUT2D eigenvalue weighted by molar-refractivity contribution is 1.17. The van der Waals surface area contributed by atoms with Crippen molar-refractivity contribution >= 4 is 66.6 Å². The van der Waals surface area contributed by atoms with Crippen molar-refractivity contribution in [1.82, 2.24) is 9.97 Å². The van der Waals surface area contributed by atoms with Gasteiger partial charge >= 0.3 is 0 Å². The van der Waals surface area contributed by atoms with Crippen molar-refractivity contribution in [3.63, 3.8) is 0 Å². The summed E-state index contributed by atoms with van der Waals surface area (Å²) in [6, 6.07) is 47.5. The molecular weight excluding hydrogens is 536 g/mol. The molecule has 4 nitrogen and oxygen atoms in total. The van der Waals surface area contributed by atoms with Gasteiger partial charge in [0.2, 0.25) is 0 Å². The van der Waals surface area contributed by atoms with Crippen LogP contribution in [0.1, 0.15) is 11.3 Å². The minimum absolute atomic E-state index is 0.889. The van der Waals surface area contributed by atoms with Crippen LogP contribution in [0.3, 0.4) is 0 Å². The fraction of sp³-hybridized carbons (Fsp3) is 0.0500. The van der Waals surface area contributed by atoms with Gasteiger partial charge in [0.25, 0.3) is 0 Å². The smallest absolute Gasteiger partial charge is 0.137 e. The largest absolute Gasteiger partial charge is 0.308 e. The first-order chi connectivity index (χ1) is 21.7. The summed E-state index contributed by atoms with van der Waals surface area (Å²) < 4.78 is 0. The Kier molecular flexibility index (Phi) is 6.20. The number of aromatic nitrogens is 2. The van der Waals surface area contributed by atoms with Gasteiger partial charge in [-0.05, 0) is 95.6 Å². The molecule has 0 aliphatic carbocycles. The minimum atomic E-state index is 0.889. The van der Waals surface area contributed by atoms with Crippen LogP contribution in [0, 0.1) is 13.8 Å². The number of nitrogens with zero attached hydrogens (tertiary/aromatic N) is 4. The van der Waals surface area contributed by atoms with Crippen molar-refractivity contribution in [2.45, 2.75) is 13.8 Å². The van der Waals surface area contributed by atoms with Crippen LogP contribution in [-0.4, -0.2) is 9.97 Å². The van der Waals surface area contributed by atoms with Crippen LogP contribution in [-0.2, 0) is 0 Å². The molecule has 8 rings (SSSR count). The number of hydrogen-bond acceptors (Lipinski definition) is 4. The number of aryl methyl sites for hydroxylation is 2. The van der Waals surface area contributed by atoms with Crippen LogP contribution in [0.5, 0.6) is 0 Å². The van der Waals surface area contributed by atoms with Gasteiger partial charge in [-0.2, -0.15) is 0 Å². The molecule has 2 aromatic heterocycles. The summed E-state index contributed by atoms with van der Waals surface area (Å²) in [6.45, 7) is 4.10. The lowest BCUT2D eigenvalue weighted by Gasteiger charge is -2.28. The van der Waals surface area contributed by atoms with Crippen molar-refractivity contribution in [2.75, 3.05) is 9.80 Å². The Hall–Kier alpha value is -5.74. The Labute approximate surface area is 256 Å². The van der Waals surface area contributed by atoms with Crippen LogP contribution >= 0.6 is 0 Å². The molecule has 0 saturated heterocycles. The van der Waals surface area contributed by atoms with Gasteiger partial charge in [-0.3, -0.25) is 9.88 Å². The van der Waals surface area contributed by atoms with E-state index >= 15 is 0 Å². The summed E-state index contributed by atoms with van der Waals surface area (Å²) in [4.78, 5) is 14.1. The summed E-state index contributed by atoms with van der Waals surface area (Å²) in [7, 11) is 0. The number of hydrogen-bond donors (Lipinski definition) is 0. The van der Waals surface area contributed by atoms with Crippen LogP contribution in [0.2, 0.25) is 0 Å². The van der Waals surface area contributed by atoms with Gasteiger partial charge in [-0.1, -0.05) is 78.9 Å². The highest BCUT2D eigenvalue weighted by molar-refractivity contribution is 6.28. The predicted octanol–water partition coefficient (Wildman–Crippen LogP) is 10.9. The Balaban J connectivity index is 1.41. The summed E-state index contributed by atoms with van der Waals surface area (Å²) in [5.41, 5.74) is 7.54. The molecule has 0 atom stereocenters. The van der Waals surface area contributed by atoms with E-state index in [1.165, 1.54) is 32.3 Å². The lowest BCUT2D eigenvalue weighted by atomic mass is 9.92. The molecule has 8 aromatic rings. The summed E-state index contributed by atoms with van der Waals surface area (Å²) in [5, 5.41) is 7.32. The van der Waals surface area contributed by atoms with E-state index in [4.69, 9.17) is 4.98 Å². The van der Waals surface area contributed by atoms with Gasteiger partial charge in [0.05, 0.1) is 23.3 Å². The number of benzene rings is 6. The fourth-order valence-electron chi connectivity index (χ4n) is 6.32. The summed E-state index contributed by atoms with van der Waals surface area (Å²) in [6.07, 6.45) is 3.90. The van der Waals surface area contributed by atoms with Gasteiger partial charge < -0.3 is 4.90 Å². The highest BCUT2D eigenvalue weighted by Gasteiger charge is 2.22. The van der Waals surface area contributed by atoms with Crippen molar-refractivity contribution in [1.29, 1.82) is 0 Å². The second kappa shape index (κ2) is 10.5. The van der Waals surface area contributed by atoms with E-state index in [1.807, 2.05) is 19.3 Å². The van der Waals surface area contributed by atoms with Crippen molar-refractivity contribution in [3.05, 3.63) is 157 Å². The zero-order valence-electron chi connectivity index (χ0n) is 24.6. The Morgan fingerprint density at radius 3 is 1.55 bits per heavy atom. The molecule has 0 unspecified atom stereocenters. The maximum absolute atomic E-state index is 4.86. The van der Waals surface area contributed by atoms with E-state index in [-0.39, 0.29) is 0 Å². The molecule has 4 heteroatoms. The first-order valence-corrected chi connectivity index (χ1v) is 14.9. The van der Waals surface area contributed by atoms with Crippen LogP contribution in [0.25, 0.3) is 32.3 Å². The van der Waals surface area contributed by atoms with E-state index in [9.17, 15) is 0 Å². The van der Waals surface area contributed by atoms with Gasteiger partial charge in [0, 0.05) is 34.0 Å². The third kappa shape index (κ3) is 4.31. The molecule has 0 saturated carbocycles. The van der Waals surface area contributed by atoms with Crippen molar-refractivity contribution in [3.8, 4) is 0 Å². The monoisotopic (exact) mass is 566 g/mol. The lowest BCUT2D eigenvalue weighted by Crippen LogP contribution is -2.12. The molecule has 0 aliphatic heterocycles. The van der Waals surface area contributed by atoms with E-state index in [0.717, 1.165) is 45.5 Å². The zero-order chi connectivity index (χ0) is 29.6. The number of anilines is 6. The number of rotatable bonds is 6. The molecule has 0 aliphatic rings. The van der Waals surface area contributed by atoms with Crippen LogP contribution in [0.4, 0.5) is 34.3 Å². The maximum Gasteiger partial charge on any atom is 0.137 e. The van der Waals surface area contributed by atoms with E-state index in [0.29, 0.717) is 0 Å². The molecule has 0 radical (unpaired) electrons. The first kappa shape index (κ1) is 25.9. The van der Waals surface area contributed by atoms with Gasteiger partial charge in [-0.25, -0.2) is 4.98 Å². The molecule has 0 N–H and O–H groups in total. The third-order valence-corrected chi connectivity index (χ3v) is 8.41. The van der Waals surface area contributed by atoms with E-state index in [1.54, 1.807) is 0 Å². The van der Waals surface area contributed by atoms with Crippen molar-refractivity contribution < 1.29 is 0 Å². The molecule has 0 bridgehead atoms. The number of para-hydroxylation sites is 2. The average Bonchev–Trinajstić information content (AvgIpc) is 3.07. The third-order valence-electron chi connectivity index (χ3n) is 8.41. The molecule has 0 fully saturated rings. The molecule has 6 aromatic carbocycles. The first-order valence-electron chi connectivity index (χ1n) is 14.9. The minimum Gasteiger partial charge on any atom is -0.308 e. The molecule has 0 spiro atoms. The van der Waals surface area contributed by atoms with Crippen LogP contribution in [0.15, 0.2) is 146 Å². The maximum atomic E-state index is 4.86. The Morgan fingerprint density at radius 1 is 0.432 bits per heavy atom. The highest BCUT2D eigenvalue weighted by atomic mass is 15.2. The molecule has 0 amide bonds. The molecule has 44 heavy (non-hydrogen) atoms. The van der Waals surface area contributed by atoms with E-state index < -0.39 is 0 Å². The van der Waals surface area contributed by atoms with Crippen LogP contribution < -0.4 is 9.80 Å². The normalized spacial score (nSPS) is 11.4. The number of pyridine rings is 2. The van der Waals surface area contributed by atoms with Gasteiger partial charge in [0.1, 0.15) is 5.82 Å². The van der Waals surface area contributed by atoms with E-state index in [2.05, 4.69) is 155 Å². The average molecular weight is 567 g/mol. The second-order valence-electron chi connectivity index (χ2n) is 11.3. The zero-order valence-corrected chi connectivity index (χ0v) is 24.6. The predicted molar refractivity (Wildman–Crippen MR) is 185 cm³/mol. The molecule has 2 heterocycles. The molecular formula is C40H30N4. The second-order valence-corrected chi connectivity index (χ2v) is 11.3. The summed E-state index contributed by atoms with van der Waals surface area (Å²) in [5.74, 6) is 0.889. The Bertz CT molecular complexity index is 2060. The van der Waals surface area contributed by atoms with Crippen molar-refractivity contribution in [2.24, 2.45) is 0 Å². The highest BCUT2D eigenvalue weighted by Crippen LogP contribution is 2.47. The summed E-state index contributed by atoms with van der Waals surface area (Å²) >= 11 is 0. The fourth-order valence-corrected chi connectivity index (χ4v) is 6.32. The van der Waals surface area contributed by atoms with Gasteiger partial charge in [-0.15, -0.1) is 0 Å². The van der Waals surface area contributed by atoms with Gasteiger partial charge in [0.15, 0.2) is 0 Å². The topological polar surface area (TPSA) is 32.3 Å². The Morgan fingerprint density at radius 2 is 1.00 bits per heavy atom. The molecule has 210 valence electrons.